The van der Waals surface area contributed by atoms with Crippen LogP contribution in [0.4, 0.5) is 0 Å². The number of carbonyl (C=O) groups excluding carboxylic acids is 5. The Hall–Kier alpha value is -2.06. The summed E-state index contributed by atoms with van der Waals surface area (Å²) in [7, 11) is 6.40. The van der Waals surface area contributed by atoms with Gasteiger partial charge in [0, 0.05) is 32.1 Å². The van der Waals surface area contributed by atoms with E-state index < -0.39 is 7.92 Å². The fourth-order valence-corrected chi connectivity index (χ4v) is 8.71. The van der Waals surface area contributed by atoms with E-state index >= 15 is 0 Å². The number of hydrogen-bond donors (Lipinski definition) is 0. The van der Waals surface area contributed by atoms with Crippen LogP contribution in [0.1, 0.15) is 186 Å². The van der Waals surface area contributed by atoms with E-state index in [9.17, 15) is 24.0 Å². The van der Waals surface area contributed by atoms with E-state index in [-0.39, 0.29) is 23.9 Å². The number of hydrogen-bond acceptors (Lipinski definition) is 10. The first-order valence-electron chi connectivity index (χ1n) is 21.6. The molecule has 0 fully saturated rings. The molecule has 0 spiro atoms. The zero-order chi connectivity index (χ0) is 39.9. The molecule has 54 heavy (non-hydrogen) atoms. The number of rotatable bonds is 40. The number of ether oxygens (including phenoxy) is 4. The van der Waals surface area contributed by atoms with Gasteiger partial charge in [0.15, 0.2) is 5.52 Å². The Morgan fingerprint density at radius 1 is 0.389 bits per heavy atom. The maximum atomic E-state index is 13.2. The lowest BCUT2D eigenvalue weighted by Gasteiger charge is -2.17. The lowest BCUT2D eigenvalue weighted by molar-refractivity contribution is -0.144. The van der Waals surface area contributed by atoms with Crippen molar-refractivity contribution in [2.75, 3.05) is 60.4 Å². The highest BCUT2D eigenvalue weighted by molar-refractivity contribution is 7.74. The van der Waals surface area contributed by atoms with E-state index in [0.29, 0.717) is 50.8 Å². The van der Waals surface area contributed by atoms with Gasteiger partial charge in [0.05, 0.1) is 27.4 Å². The minimum atomic E-state index is -0.598. The van der Waals surface area contributed by atoms with E-state index in [0.717, 1.165) is 173 Å². The minimum Gasteiger partial charge on any atom is -0.469 e. The molecule has 0 rings (SSSR count). The van der Waals surface area contributed by atoms with E-state index in [4.69, 9.17) is 9.47 Å². The van der Waals surface area contributed by atoms with Crippen LogP contribution in [-0.4, -0.2) is 94.7 Å². The Balaban J connectivity index is 4.03. The van der Waals surface area contributed by atoms with Gasteiger partial charge in [0.25, 0.3) is 0 Å². The van der Waals surface area contributed by atoms with E-state index in [1.807, 2.05) is 0 Å². The van der Waals surface area contributed by atoms with Crippen LogP contribution in [0, 0.1) is 0 Å². The number of nitrogens with zero attached hydrogens (tertiary/aromatic N) is 1. The zero-order valence-electron chi connectivity index (χ0n) is 35.1. The average Bonchev–Trinajstić information content (AvgIpc) is 3.15. The molecule has 0 aromatic carbocycles. The molecule has 0 aromatic rings. The van der Waals surface area contributed by atoms with Gasteiger partial charge >= 0.3 is 23.9 Å². The Morgan fingerprint density at radius 2 is 0.704 bits per heavy atom. The molecule has 0 radical (unpaired) electrons. The fraction of sp³-hybridized carbons (Fsp3) is 0.884. The normalized spacial score (nSPS) is 11.2. The predicted molar refractivity (Wildman–Crippen MR) is 220 cm³/mol. The molecule has 0 saturated heterocycles. The molecule has 10 nitrogen and oxygen atoms in total. The van der Waals surface area contributed by atoms with Crippen LogP contribution in [0.25, 0.3) is 0 Å². The standard InChI is InChI=1S/C43H80NO9P/c1-44(2)34-24-23-33-43(49)54(37-27-17-9-13-21-31-41(47)52-35-25-15-7-5-11-19-29-39(45)50-3)38-28-18-10-14-22-32-42(48)53-36-26-16-8-6-12-20-30-40(46)51-4/h5-38H2,1-4H3. The van der Waals surface area contributed by atoms with Crippen molar-refractivity contribution in [1.29, 1.82) is 0 Å². The second-order valence-electron chi connectivity index (χ2n) is 15.0. The van der Waals surface area contributed by atoms with Crippen LogP contribution >= 0.6 is 7.92 Å². The third kappa shape index (κ3) is 36.9. The van der Waals surface area contributed by atoms with Gasteiger partial charge in [-0.25, -0.2) is 0 Å². The fourth-order valence-electron chi connectivity index (χ4n) is 6.31. The van der Waals surface area contributed by atoms with Crippen molar-refractivity contribution in [2.45, 2.75) is 186 Å². The topological polar surface area (TPSA) is 126 Å². The highest BCUT2D eigenvalue weighted by atomic mass is 31.1. The highest BCUT2D eigenvalue weighted by Gasteiger charge is 2.17. The molecule has 0 aromatic heterocycles. The predicted octanol–water partition coefficient (Wildman–Crippen LogP) is 10.3. The zero-order valence-corrected chi connectivity index (χ0v) is 36.0. The van der Waals surface area contributed by atoms with Gasteiger partial charge in [-0.2, -0.15) is 0 Å². The first-order valence-corrected chi connectivity index (χ1v) is 23.3. The van der Waals surface area contributed by atoms with Gasteiger partial charge in [-0.3, -0.25) is 24.0 Å². The molecule has 0 amide bonds. The monoisotopic (exact) mass is 786 g/mol. The third-order valence-corrected chi connectivity index (χ3v) is 12.4. The molecular weight excluding hydrogens is 705 g/mol. The summed E-state index contributed by atoms with van der Waals surface area (Å²) in [5.74, 6) is -0.481. The number of carbonyl (C=O) groups is 5. The van der Waals surface area contributed by atoms with E-state index in [2.05, 4.69) is 28.5 Å². The first-order chi connectivity index (χ1) is 26.2. The second-order valence-corrected chi connectivity index (χ2v) is 17.5. The molecule has 316 valence electrons. The van der Waals surface area contributed by atoms with Crippen molar-refractivity contribution in [2.24, 2.45) is 0 Å². The second kappa shape index (κ2) is 39.2. The maximum absolute atomic E-state index is 13.2. The SMILES string of the molecule is COC(=O)CCCCCCCCOC(=O)CCCCCCCP(CCCCCCCC(=O)OCCCCCCCCC(=O)OC)C(=O)CCCCN(C)C. The smallest absolute Gasteiger partial charge is 0.305 e. The van der Waals surface area contributed by atoms with Crippen LogP contribution < -0.4 is 0 Å². The Labute approximate surface area is 331 Å². The molecule has 0 saturated carbocycles. The molecule has 0 bridgehead atoms. The summed E-state index contributed by atoms with van der Waals surface area (Å²) in [5, 5.41) is 0. The Kier molecular flexibility index (Phi) is 37.7. The van der Waals surface area contributed by atoms with Gasteiger partial charge in [-0.1, -0.05) is 89.9 Å². The molecule has 11 heteroatoms. The Morgan fingerprint density at radius 3 is 1.07 bits per heavy atom. The van der Waals surface area contributed by atoms with E-state index in [1.165, 1.54) is 14.2 Å². The summed E-state index contributed by atoms with van der Waals surface area (Å²) in [6.07, 6.45) is 29.1. The quantitative estimate of drug-likeness (QED) is 0.0256. The molecule has 0 atom stereocenters. The summed E-state index contributed by atoms with van der Waals surface area (Å²) < 4.78 is 20.1. The van der Waals surface area contributed by atoms with Gasteiger partial charge in [0.2, 0.25) is 0 Å². The summed E-state index contributed by atoms with van der Waals surface area (Å²) >= 11 is 0. The number of esters is 4. The first kappa shape index (κ1) is 51.9. The van der Waals surface area contributed by atoms with E-state index in [1.54, 1.807) is 0 Å². The average molecular weight is 786 g/mol. The van der Waals surface area contributed by atoms with Crippen molar-refractivity contribution in [3.63, 3.8) is 0 Å². The van der Waals surface area contributed by atoms with Crippen LogP contribution in [0.2, 0.25) is 0 Å². The summed E-state index contributed by atoms with van der Waals surface area (Å²) in [5.41, 5.74) is 0.492. The minimum absolute atomic E-state index is 0.0969. The maximum Gasteiger partial charge on any atom is 0.305 e. The highest BCUT2D eigenvalue weighted by Crippen LogP contribution is 2.41. The van der Waals surface area contributed by atoms with Gasteiger partial charge < -0.3 is 23.8 Å². The van der Waals surface area contributed by atoms with Crippen LogP contribution in [-0.2, 0) is 42.9 Å². The molecular formula is C43H80NO9P. The van der Waals surface area contributed by atoms with Crippen molar-refractivity contribution >= 4 is 37.3 Å². The van der Waals surface area contributed by atoms with Gasteiger partial charge in [-0.05, 0) is 105 Å². The molecule has 0 N–H and O–H groups in total. The lowest BCUT2D eigenvalue weighted by atomic mass is 10.1. The van der Waals surface area contributed by atoms with Gasteiger partial charge in [-0.15, -0.1) is 0 Å². The van der Waals surface area contributed by atoms with Crippen molar-refractivity contribution in [1.82, 2.24) is 4.90 Å². The molecule has 0 aliphatic carbocycles. The number of unbranched alkanes of at least 4 members (excludes halogenated alkanes) is 19. The molecule has 0 aliphatic heterocycles. The van der Waals surface area contributed by atoms with Gasteiger partial charge in [0.1, 0.15) is 0 Å². The number of methoxy groups -OCH3 is 2. The van der Waals surface area contributed by atoms with Crippen molar-refractivity contribution in [3.05, 3.63) is 0 Å². The molecule has 0 unspecified atom stereocenters. The lowest BCUT2D eigenvalue weighted by Crippen LogP contribution is -2.13. The van der Waals surface area contributed by atoms with Crippen LogP contribution in [0.3, 0.4) is 0 Å². The summed E-state index contributed by atoms with van der Waals surface area (Å²) in [6.45, 7) is 2.01. The third-order valence-electron chi connectivity index (χ3n) is 9.75. The summed E-state index contributed by atoms with van der Waals surface area (Å²) in [4.78, 5) is 61.8. The largest absolute Gasteiger partial charge is 0.469 e. The van der Waals surface area contributed by atoms with Crippen LogP contribution in [0.5, 0.6) is 0 Å². The molecule has 0 heterocycles. The Bertz CT molecular complexity index is 886. The van der Waals surface area contributed by atoms with Crippen LogP contribution in [0.15, 0.2) is 0 Å². The molecule has 0 aliphatic rings. The van der Waals surface area contributed by atoms with Crippen molar-refractivity contribution < 1.29 is 42.9 Å². The van der Waals surface area contributed by atoms with Crippen molar-refractivity contribution in [3.8, 4) is 0 Å². The summed E-state index contributed by atoms with van der Waals surface area (Å²) in [6, 6.07) is 0.